The third kappa shape index (κ3) is 4.34. The van der Waals surface area contributed by atoms with Crippen LogP contribution < -0.4 is 15.6 Å². The molecule has 10 nitrogen and oxygen atoms in total. The molecule has 1 fully saturated rings. The Kier molecular flexibility index (Phi) is 6.54. The Bertz CT molecular complexity index is 1660. The van der Waals surface area contributed by atoms with E-state index in [-0.39, 0.29) is 42.7 Å². The number of aromatic nitrogens is 2. The number of pyridine rings is 2. The zero-order chi connectivity index (χ0) is 29.2. The van der Waals surface area contributed by atoms with Gasteiger partial charge >= 0.3 is 6.09 Å². The number of amides is 1. The van der Waals surface area contributed by atoms with Gasteiger partial charge in [-0.15, -0.1) is 0 Å². The lowest BCUT2D eigenvalue weighted by Crippen LogP contribution is -2.48. The van der Waals surface area contributed by atoms with Crippen LogP contribution in [-0.2, 0) is 23.5 Å². The maximum absolute atomic E-state index is 15.7. The number of carbonyl (C=O) groups is 1. The van der Waals surface area contributed by atoms with E-state index in [9.17, 15) is 14.7 Å². The topological polar surface area (TPSA) is 109 Å². The zero-order valence-electron chi connectivity index (χ0n) is 23.7. The van der Waals surface area contributed by atoms with Crippen molar-refractivity contribution < 1.29 is 23.8 Å². The summed E-state index contributed by atoms with van der Waals surface area (Å²) in [5, 5.41) is 15.2. The van der Waals surface area contributed by atoms with Gasteiger partial charge in [0.05, 0.1) is 34.7 Å². The standard InChI is InChI=1S/C30H34FN5O5/c1-6-30(39)17(4)40-15-20-21(30)12-24-25-18(14-36(24)28(20)37)11-19-23(33-25)13-22(31)27(26(19)32-16(2)3)41-29(38)35-9-7-34(5)8-10-35/h11-13,16,32,39H,4,6-10,14-15H2,1-3,5H3/t30-/m1/s1. The first-order valence-corrected chi connectivity index (χ1v) is 13.9. The van der Waals surface area contributed by atoms with Crippen LogP contribution in [0.2, 0.25) is 0 Å². The van der Waals surface area contributed by atoms with Gasteiger partial charge in [0.2, 0.25) is 0 Å². The van der Waals surface area contributed by atoms with Gasteiger partial charge in [0, 0.05) is 54.8 Å². The van der Waals surface area contributed by atoms with Crippen molar-refractivity contribution in [1.29, 1.82) is 0 Å². The van der Waals surface area contributed by atoms with E-state index in [1.807, 2.05) is 27.0 Å². The Balaban J connectivity index is 1.46. The third-order valence-corrected chi connectivity index (χ3v) is 8.27. The highest BCUT2D eigenvalue weighted by molar-refractivity contribution is 5.98. The van der Waals surface area contributed by atoms with Crippen LogP contribution in [0.3, 0.4) is 0 Å². The van der Waals surface area contributed by atoms with Crippen molar-refractivity contribution in [3.8, 4) is 17.1 Å². The normalized spacial score (nSPS) is 20.1. The minimum atomic E-state index is -1.50. The van der Waals surface area contributed by atoms with Crippen LogP contribution in [0, 0.1) is 5.82 Å². The molecule has 0 bridgehead atoms. The summed E-state index contributed by atoms with van der Waals surface area (Å²) in [5.74, 6) is -0.694. The van der Waals surface area contributed by atoms with Crippen molar-refractivity contribution in [3.63, 3.8) is 0 Å². The van der Waals surface area contributed by atoms with E-state index in [2.05, 4.69) is 16.8 Å². The van der Waals surface area contributed by atoms with E-state index < -0.39 is 17.5 Å². The molecule has 2 N–H and O–H groups in total. The number of benzene rings is 1. The fourth-order valence-corrected chi connectivity index (χ4v) is 5.86. The van der Waals surface area contributed by atoms with E-state index in [4.69, 9.17) is 14.5 Å². The molecule has 41 heavy (non-hydrogen) atoms. The van der Waals surface area contributed by atoms with Crippen LogP contribution in [-0.4, -0.2) is 69.8 Å². The number of nitrogens with zero attached hydrogens (tertiary/aromatic N) is 4. The molecule has 2 aromatic heterocycles. The highest BCUT2D eigenvalue weighted by Crippen LogP contribution is 2.43. The number of anilines is 1. The molecule has 0 unspecified atom stereocenters. The zero-order valence-corrected chi connectivity index (χ0v) is 23.7. The maximum atomic E-state index is 15.7. The van der Waals surface area contributed by atoms with Crippen LogP contribution in [0.1, 0.15) is 43.9 Å². The predicted molar refractivity (Wildman–Crippen MR) is 152 cm³/mol. The Labute approximate surface area is 237 Å². The van der Waals surface area contributed by atoms with Gasteiger partial charge in [0.25, 0.3) is 5.56 Å². The second kappa shape index (κ2) is 9.85. The number of halogens is 1. The second-order valence-corrected chi connectivity index (χ2v) is 11.3. The molecule has 0 saturated carbocycles. The lowest BCUT2D eigenvalue weighted by molar-refractivity contribution is -0.0172. The number of likely N-dealkylation sites (N-methyl/N-ethyl adjacent to an activating group) is 1. The van der Waals surface area contributed by atoms with Crippen molar-refractivity contribution in [2.45, 2.75) is 52.0 Å². The molecule has 11 heteroatoms. The number of aliphatic hydroxyl groups is 1. The van der Waals surface area contributed by atoms with Gasteiger partial charge in [0.1, 0.15) is 18.0 Å². The number of carbonyl (C=O) groups excluding carboxylic acids is 1. The summed E-state index contributed by atoms with van der Waals surface area (Å²) in [6, 6.07) is 4.79. The van der Waals surface area contributed by atoms with E-state index in [0.29, 0.717) is 65.3 Å². The Morgan fingerprint density at radius 3 is 2.68 bits per heavy atom. The van der Waals surface area contributed by atoms with Gasteiger partial charge in [-0.05, 0) is 39.4 Å². The summed E-state index contributed by atoms with van der Waals surface area (Å²) in [6.07, 6.45) is -0.320. The first-order chi connectivity index (χ1) is 19.5. The summed E-state index contributed by atoms with van der Waals surface area (Å²) in [7, 11) is 1.98. The van der Waals surface area contributed by atoms with Crippen LogP contribution in [0.5, 0.6) is 5.75 Å². The molecule has 0 aliphatic carbocycles. The van der Waals surface area contributed by atoms with Crippen LogP contribution >= 0.6 is 0 Å². The molecule has 6 rings (SSSR count). The average Bonchev–Trinajstić information content (AvgIpc) is 3.30. The van der Waals surface area contributed by atoms with Crippen molar-refractivity contribution >= 4 is 22.7 Å². The number of fused-ring (bicyclic) bond motifs is 5. The largest absolute Gasteiger partial charge is 0.490 e. The monoisotopic (exact) mass is 563 g/mol. The van der Waals surface area contributed by atoms with Crippen LogP contribution in [0.4, 0.5) is 14.9 Å². The Morgan fingerprint density at radius 1 is 1.27 bits per heavy atom. The number of ether oxygens (including phenoxy) is 2. The number of hydrogen-bond acceptors (Lipinski definition) is 8. The molecule has 3 aromatic rings. The van der Waals surface area contributed by atoms with Gasteiger partial charge < -0.3 is 34.3 Å². The van der Waals surface area contributed by atoms with Crippen LogP contribution in [0.15, 0.2) is 35.3 Å². The molecule has 0 spiro atoms. The quantitative estimate of drug-likeness (QED) is 0.386. The summed E-state index contributed by atoms with van der Waals surface area (Å²) in [6.45, 7) is 12.2. The number of rotatable bonds is 4. The van der Waals surface area contributed by atoms with E-state index in [1.165, 1.54) is 6.07 Å². The minimum Gasteiger partial charge on any atom is -0.490 e. The second-order valence-electron chi connectivity index (χ2n) is 11.3. The van der Waals surface area contributed by atoms with Gasteiger partial charge in [-0.2, -0.15) is 0 Å². The third-order valence-electron chi connectivity index (χ3n) is 8.27. The van der Waals surface area contributed by atoms with Crippen molar-refractivity contribution in [3.05, 3.63) is 63.4 Å². The lowest BCUT2D eigenvalue weighted by atomic mass is 9.84. The molecule has 3 aliphatic heterocycles. The van der Waals surface area contributed by atoms with Gasteiger partial charge in [-0.1, -0.05) is 13.5 Å². The summed E-state index contributed by atoms with van der Waals surface area (Å²) in [4.78, 5) is 35.1. The molecule has 1 atom stereocenters. The summed E-state index contributed by atoms with van der Waals surface area (Å²) < 4.78 is 28.5. The Hall–Kier alpha value is -3.96. The molecule has 0 radical (unpaired) electrons. The molecule has 1 amide bonds. The SMILES string of the molecule is C=C1OCc2c(cc3n(c2=O)Cc2cc4c(NC(C)C)c(OC(=O)N5CCN(C)CC5)c(F)cc4nc2-3)[C@@]1(O)CC. The fourth-order valence-electron chi connectivity index (χ4n) is 5.86. The molecule has 1 aromatic carbocycles. The van der Waals surface area contributed by atoms with Gasteiger partial charge in [-0.3, -0.25) is 4.79 Å². The summed E-state index contributed by atoms with van der Waals surface area (Å²) in [5.41, 5.74) is 1.59. The molecular formula is C30H34FN5O5. The first-order valence-electron chi connectivity index (χ1n) is 13.9. The first kappa shape index (κ1) is 27.2. The smallest absolute Gasteiger partial charge is 0.415 e. The minimum absolute atomic E-state index is 0.0248. The van der Waals surface area contributed by atoms with Gasteiger partial charge in [-0.25, -0.2) is 14.2 Å². The molecule has 1 saturated heterocycles. The van der Waals surface area contributed by atoms with E-state index >= 15 is 4.39 Å². The molecule has 3 aliphatic rings. The number of nitrogens with one attached hydrogen (secondary N) is 1. The van der Waals surface area contributed by atoms with Crippen molar-refractivity contribution in [1.82, 2.24) is 19.4 Å². The van der Waals surface area contributed by atoms with E-state index in [0.717, 1.165) is 5.56 Å². The summed E-state index contributed by atoms with van der Waals surface area (Å²) >= 11 is 0. The van der Waals surface area contributed by atoms with Crippen molar-refractivity contribution in [2.75, 3.05) is 38.5 Å². The van der Waals surface area contributed by atoms with Crippen molar-refractivity contribution in [2.24, 2.45) is 0 Å². The molecule has 5 heterocycles. The van der Waals surface area contributed by atoms with Crippen LogP contribution in [0.25, 0.3) is 22.3 Å². The highest BCUT2D eigenvalue weighted by Gasteiger charge is 2.41. The molecule has 216 valence electrons. The maximum Gasteiger partial charge on any atom is 0.415 e. The molecular weight excluding hydrogens is 529 g/mol. The van der Waals surface area contributed by atoms with E-state index in [1.54, 1.807) is 22.5 Å². The number of hydrogen-bond donors (Lipinski definition) is 2. The lowest BCUT2D eigenvalue weighted by Gasteiger charge is -2.35. The average molecular weight is 564 g/mol. The number of piperazine rings is 1. The fraction of sp³-hybridized carbons (Fsp3) is 0.433. The predicted octanol–water partition coefficient (Wildman–Crippen LogP) is 3.77. The highest BCUT2D eigenvalue weighted by atomic mass is 19.1. The Morgan fingerprint density at radius 2 is 2.00 bits per heavy atom. The van der Waals surface area contributed by atoms with Gasteiger partial charge in [0.15, 0.2) is 11.6 Å².